The molecule has 0 aliphatic rings. The molecular weight excluding hydrogens is 222 g/mol. The van der Waals surface area contributed by atoms with Crippen LogP contribution >= 0.6 is 0 Å². The molecule has 0 bridgehead atoms. The SMILES string of the molecule is Cc1ccc(C(=O)C(C)c2ccncc2)c(C)c1. The number of benzene rings is 1. The molecule has 0 N–H and O–H groups in total. The Hall–Kier alpha value is -1.96. The standard InChI is InChI=1S/C16H17NO/c1-11-4-5-15(12(2)10-11)16(18)13(3)14-6-8-17-9-7-14/h4-10,13H,1-3H3. The Morgan fingerprint density at radius 2 is 1.78 bits per heavy atom. The summed E-state index contributed by atoms with van der Waals surface area (Å²) in [4.78, 5) is 16.4. The van der Waals surface area contributed by atoms with Gasteiger partial charge in [-0.2, -0.15) is 0 Å². The van der Waals surface area contributed by atoms with Crippen LogP contribution in [0.4, 0.5) is 0 Å². The minimum atomic E-state index is -0.130. The van der Waals surface area contributed by atoms with E-state index >= 15 is 0 Å². The number of aromatic nitrogens is 1. The van der Waals surface area contributed by atoms with E-state index in [4.69, 9.17) is 0 Å². The summed E-state index contributed by atoms with van der Waals surface area (Å²) >= 11 is 0. The van der Waals surface area contributed by atoms with Crippen LogP contribution in [0.1, 0.15) is 39.9 Å². The van der Waals surface area contributed by atoms with Gasteiger partial charge < -0.3 is 0 Å². The topological polar surface area (TPSA) is 30.0 Å². The normalized spacial score (nSPS) is 12.2. The van der Waals surface area contributed by atoms with Crippen LogP contribution in [-0.4, -0.2) is 10.8 Å². The third kappa shape index (κ3) is 2.48. The fourth-order valence-corrected chi connectivity index (χ4v) is 2.13. The van der Waals surface area contributed by atoms with Gasteiger partial charge in [-0.1, -0.05) is 30.7 Å². The second-order valence-corrected chi connectivity index (χ2v) is 4.68. The highest BCUT2D eigenvalue weighted by atomic mass is 16.1. The third-order valence-corrected chi connectivity index (χ3v) is 3.25. The summed E-state index contributed by atoms with van der Waals surface area (Å²) < 4.78 is 0. The average molecular weight is 239 g/mol. The zero-order valence-electron chi connectivity index (χ0n) is 11.0. The van der Waals surface area contributed by atoms with Crippen molar-refractivity contribution in [1.29, 1.82) is 0 Å². The summed E-state index contributed by atoms with van der Waals surface area (Å²) in [6, 6.07) is 9.74. The second-order valence-electron chi connectivity index (χ2n) is 4.68. The fraction of sp³-hybridized carbons (Fsp3) is 0.250. The minimum Gasteiger partial charge on any atom is -0.293 e. The van der Waals surface area contributed by atoms with Crippen LogP contribution in [0.15, 0.2) is 42.7 Å². The molecule has 1 aromatic carbocycles. The van der Waals surface area contributed by atoms with Crippen molar-refractivity contribution in [1.82, 2.24) is 4.98 Å². The Bertz CT molecular complexity index is 561. The van der Waals surface area contributed by atoms with Crippen molar-refractivity contribution in [2.75, 3.05) is 0 Å². The van der Waals surface area contributed by atoms with Crippen LogP contribution in [0.5, 0.6) is 0 Å². The maximum absolute atomic E-state index is 12.5. The number of carbonyl (C=O) groups is 1. The number of carbonyl (C=O) groups excluding carboxylic acids is 1. The molecule has 92 valence electrons. The summed E-state index contributed by atoms with van der Waals surface area (Å²) in [5, 5.41) is 0. The first kappa shape index (κ1) is 12.5. The van der Waals surface area contributed by atoms with Crippen LogP contribution in [0.3, 0.4) is 0 Å². The van der Waals surface area contributed by atoms with Gasteiger partial charge in [-0.3, -0.25) is 9.78 Å². The fourth-order valence-electron chi connectivity index (χ4n) is 2.13. The van der Waals surface area contributed by atoms with Crippen LogP contribution in [0, 0.1) is 13.8 Å². The molecule has 2 heteroatoms. The average Bonchev–Trinajstić information content (AvgIpc) is 2.38. The second kappa shape index (κ2) is 5.13. The van der Waals surface area contributed by atoms with Gasteiger partial charge in [0.1, 0.15) is 0 Å². The number of hydrogen-bond donors (Lipinski definition) is 0. The van der Waals surface area contributed by atoms with E-state index in [1.165, 1.54) is 5.56 Å². The van der Waals surface area contributed by atoms with Gasteiger partial charge in [-0.05, 0) is 37.1 Å². The van der Waals surface area contributed by atoms with Gasteiger partial charge in [0.2, 0.25) is 0 Å². The number of hydrogen-bond acceptors (Lipinski definition) is 2. The lowest BCUT2D eigenvalue weighted by Gasteiger charge is -2.12. The Morgan fingerprint density at radius 3 is 2.39 bits per heavy atom. The number of Topliss-reactive ketones (excluding diaryl/α,β-unsaturated/α-hetero) is 1. The van der Waals surface area contributed by atoms with Crippen molar-refractivity contribution >= 4 is 5.78 Å². The molecule has 0 aliphatic carbocycles. The third-order valence-electron chi connectivity index (χ3n) is 3.25. The number of aryl methyl sites for hydroxylation is 2. The highest BCUT2D eigenvalue weighted by Crippen LogP contribution is 2.22. The number of ketones is 1. The number of pyridine rings is 1. The molecule has 1 aromatic heterocycles. The van der Waals surface area contributed by atoms with Gasteiger partial charge in [0.05, 0.1) is 0 Å². The van der Waals surface area contributed by atoms with Crippen molar-refractivity contribution in [3.8, 4) is 0 Å². The van der Waals surface area contributed by atoms with Crippen LogP contribution in [0.25, 0.3) is 0 Å². The largest absolute Gasteiger partial charge is 0.293 e. The smallest absolute Gasteiger partial charge is 0.170 e. The molecule has 0 fully saturated rings. The van der Waals surface area contributed by atoms with E-state index in [2.05, 4.69) is 4.98 Å². The van der Waals surface area contributed by atoms with Crippen molar-refractivity contribution in [3.05, 3.63) is 65.0 Å². The molecule has 2 aromatic rings. The maximum Gasteiger partial charge on any atom is 0.170 e. The molecule has 18 heavy (non-hydrogen) atoms. The van der Waals surface area contributed by atoms with E-state index in [0.717, 1.165) is 16.7 Å². The van der Waals surface area contributed by atoms with Gasteiger partial charge in [0.15, 0.2) is 5.78 Å². The summed E-state index contributed by atoms with van der Waals surface area (Å²) in [6.45, 7) is 5.96. The zero-order chi connectivity index (χ0) is 13.1. The Balaban J connectivity index is 2.32. The summed E-state index contributed by atoms with van der Waals surface area (Å²) in [7, 11) is 0. The first-order valence-corrected chi connectivity index (χ1v) is 6.11. The monoisotopic (exact) mass is 239 g/mol. The lowest BCUT2D eigenvalue weighted by atomic mass is 9.90. The first-order chi connectivity index (χ1) is 8.59. The van der Waals surface area contributed by atoms with Gasteiger partial charge in [0.25, 0.3) is 0 Å². The predicted octanol–water partition coefficient (Wildman–Crippen LogP) is 3.68. The predicted molar refractivity (Wildman–Crippen MR) is 72.9 cm³/mol. The number of rotatable bonds is 3. The van der Waals surface area contributed by atoms with E-state index in [0.29, 0.717) is 0 Å². The van der Waals surface area contributed by atoms with E-state index in [1.54, 1.807) is 12.4 Å². The van der Waals surface area contributed by atoms with Crippen molar-refractivity contribution in [2.24, 2.45) is 0 Å². The molecule has 2 nitrogen and oxygen atoms in total. The van der Waals surface area contributed by atoms with E-state index in [1.807, 2.05) is 51.1 Å². The lowest BCUT2D eigenvalue weighted by Crippen LogP contribution is -2.11. The molecule has 0 saturated carbocycles. The van der Waals surface area contributed by atoms with Gasteiger partial charge >= 0.3 is 0 Å². The molecule has 0 spiro atoms. The Morgan fingerprint density at radius 1 is 1.11 bits per heavy atom. The lowest BCUT2D eigenvalue weighted by molar-refractivity contribution is 0.0965. The van der Waals surface area contributed by atoms with Crippen molar-refractivity contribution in [2.45, 2.75) is 26.7 Å². The minimum absolute atomic E-state index is 0.130. The summed E-state index contributed by atoms with van der Waals surface area (Å²) in [5.74, 6) is 0.0353. The summed E-state index contributed by atoms with van der Waals surface area (Å²) in [6.07, 6.45) is 3.45. The molecule has 1 unspecified atom stereocenters. The first-order valence-electron chi connectivity index (χ1n) is 6.11. The zero-order valence-corrected chi connectivity index (χ0v) is 11.0. The molecule has 0 saturated heterocycles. The molecule has 1 atom stereocenters. The number of nitrogens with zero attached hydrogens (tertiary/aromatic N) is 1. The van der Waals surface area contributed by atoms with E-state index in [-0.39, 0.29) is 11.7 Å². The van der Waals surface area contributed by atoms with Crippen LogP contribution < -0.4 is 0 Å². The van der Waals surface area contributed by atoms with E-state index in [9.17, 15) is 4.79 Å². The van der Waals surface area contributed by atoms with Gasteiger partial charge in [0, 0.05) is 23.9 Å². The van der Waals surface area contributed by atoms with Gasteiger partial charge in [-0.15, -0.1) is 0 Å². The highest BCUT2D eigenvalue weighted by Gasteiger charge is 2.18. The van der Waals surface area contributed by atoms with Crippen molar-refractivity contribution in [3.63, 3.8) is 0 Å². The Kier molecular flexibility index (Phi) is 3.56. The molecule has 0 aliphatic heterocycles. The Labute approximate surface area is 108 Å². The highest BCUT2D eigenvalue weighted by molar-refractivity contribution is 6.01. The van der Waals surface area contributed by atoms with Gasteiger partial charge in [-0.25, -0.2) is 0 Å². The van der Waals surface area contributed by atoms with E-state index < -0.39 is 0 Å². The molecular formula is C16H17NO. The molecule has 1 heterocycles. The van der Waals surface area contributed by atoms with Crippen molar-refractivity contribution < 1.29 is 4.79 Å². The van der Waals surface area contributed by atoms with Crippen LogP contribution in [0.2, 0.25) is 0 Å². The molecule has 0 amide bonds. The molecule has 0 radical (unpaired) electrons. The maximum atomic E-state index is 12.5. The quantitative estimate of drug-likeness (QED) is 0.765. The van der Waals surface area contributed by atoms with Crippen LogP contribution in [-0.2, 0) is 0 Å². The summed E-state index contributed by atoms with van der Waals surface area (Å²) in [5.41, 5.74) is 4.04. The molecule has 2 rings (SSSR count).